The van der Waals surface area contributed by atoms with Crippen molar-refractivity contribution in [3.63, 3.8) is 0 Å². The minimum absolute atomic E-state index is 0.185. The third-order valence-corrected chi connectivity index (χ3v) is 2.85. The molecule has 0 aromatic rings. The topological polar surface area (TPSA) is 78.6 Å². The summed E-state index contributed by atoms with van der Waals surface area (Å²) >= 11 is 0. The van der Waals surface area contributed by atoms with E-state index in [-0.39, 0.29) is 18.1 Å². The van der Waals surface area contributed by atoms with Gasteiger partial charge < -0.3 is 21.1 Å². The molecule has 0 aromatic carbocycles. The van der Waals surface area contributed by atoms with Crippen molar-refractivity contribution in [3.8, 4) is 0 Å². The first-order valence-electron chi connectivity index (χ1n) is 6.01. The van der Waals surface area contributed by atoms with Gasteiger partial charge in [-0.25, -0.2) is 0 Å². The van der Waals surface area contributed by atoms with Gasteiger partial charge in [-0.1, -0.05) is 0 Å². The van der Waals surface area contributed by atoms with Crippen LogP contribution in [-0.4, -0.2) is 54.2 Å². The minimum atomic E-state index is -0.358. The van der Waals surface area contributed by atoms with Crippen LogP contribution in [0.5, 0.6) is 0 Å². The molecule has 0 aromatic heterocycles. The number of hydrogen-bond acceptors (Lipinski definition) is 4. The minimum Gasteiger partial charge on any atom is -0.392 e. The van der Waals surface area contributed by atoms with Crippen molar-refractivity contribution in [2.45, 2.75) is 38.3 Å². The summed E-state index contributed by atoms with van der Waals surface area (Å²) in [5.74, 6) is 0.185. The van der Waals surface area contributed by atoms with Gasteiger partial charge >= 0.3 is 0 Å². The van der Waals surface area contributed by atoms with Crippen LogP contribution in [0.15, 0.2) is 0 Å². The Morgan fingerprint density at radius 3 is 2.75 bits per heavy atom. The first-order valence-corrected chi connectivity index (χ1v) is 6.01. The highest BCUT2D eigenvalue weighted by molar-refractivity contribution is 5.76. The van der Waals surface area contributed by atoms with Crippen LogP contribution < -0.4 is 11.1 Å². The fourth-order valence-electron chi connectivity index (χ4n) is 1.81. The maximum Gasteiger partial charge on any atom is 0.223 e. The van der Waals surface area contributed by atoms with Gasteiger partial charge in [0.25, 0.3) is 0 Å². The number of carbonyl (C=O) groups is 1. The van der Waals surface area contributed by atoms with Gasteiger partial charge in [-0.15, -0.1) is 0 Å². The van der Waals surface area contributed by atoms with Crippen LogP contribution in [-0.2, 0) is 4.79 Å². The van der Waals surface area contributed by atoms with Crippen molar-refractivity contribution in [2.75, 3.05) is 26.2 Å². The van der Waals surface area contributed by atoms with Gasteiger partial charge in [0, 0.05) is 38.6 Å². The Morgan fingerprint density at radius 2 is 2.19 bits per heavy atom. The highest BCUT2D eigenvalue weighted by Crippen LogP contribution is 2.08. The van der Waals surface area contributed by atoms with Crippen molar-refractivity contribution in [1.82, 2.24) is 10.2 Å². The van der Waals surface area contributed by atoms with Gasteiger partial charge in [0.1, 0.15) is 0 Å². The number of nitrogens with two attached hydrogens (primary N) is 1. The second kappa shape index (κ2) is 6.83. The summed E-state index contributed by atoms with van der Waals surface area (Å²) in [4.78, 5) is 13.6. The average molecular weight is 229 g/mol. The van der Waals surface area contributed by atoms with Gasteiger partial charge in [-0.3, -0.25) is 4.79 Å². The monoisotopic (exact) mass is 229 g/mol. The normalized spacial score (nSPS) is 19.8. The quantitative estimate of drug-likeness (QED) is 0.545. The largest absolute Gasteiger partial charge is 0.392 e. The molecule has 94 valence electrons. The molecule has 1 heterocycles. The van der Waals surface area contributed by atoms with E-state index in [1.807, 2.05) is 4.90 Å². The molecule has 5 nitrogen and oxygen atoms in total. The van der Waals surface area contributed by atoms with E-state index in [2.05, 4.69) is 5.32 Å². The molecular formula is C11H23N3O2. The molecule has 0 saturated carbocycles. The van der Waals surface area contributed by atoms with Crippen LogP contribution in [0.2, 0.25) is 0 Å². The highest BCUT2D eigenvalue weighted by Gasteiger charge is 2.19. The van der Waals surface area contributed by atoms with E-state index in [1.165, 1.54) is 0 Å². The first kappa shape index (κ1) is 13.4. The fourth-order valence-corrected chi connectivity index (χ4v) is 1.81. The van der Waals surface area contributed by atoms with E-state index in [9.17, 15) is 4.79 Å². The Labute approximate surface area is 97.0 Å². The predicted molar refractivity (Wildman–Crippen MR) is 63.0 cm³/mol. The summed E-state index contributed by atoms with van der Waals surface area (Å²) in [5.41, 5.74) is 5.77. The molecule has 0 radical (unpaired) electrons. The van der Waals surface area contributed by atoms with Gasteiger partial charge in [-0.05, 0) is 19.8 Å². The van der Waals surface area contributed by atoms with Gasteiger partial charge in [-0.2, -0.15) is 0 Å². The second-order valence-corrected chi connectivity index (χ2v) is 4.52. The van der Waals surface area contributed by atoms with Crippen molar-refractivity contribution in [3.05, 3.63) is 0 Å². The summed E-state index contributed by atoms with van der Waals surface area (Å²) in [6.45, 7) is 4.47. The van der Waals surface area contributed by atoms with Crippen LogP contribution in [0.4, 0.5) is 0 Å². The maximum atomic E-state index is 11.7. The maximum absolute atomic E-state index is 11.7. The summed E-state index contributed by atoms with van der Waals surface area (Å²) in [5, 5.41) is 12.1. The summed E-state index contributed by atoms with van der Waals surface area (Å²) in [7, 11) is 0. The molecule has 4 N–H and O–H groups in total. The molecule has 1 aliphatic heterocycles. The molecule has 1 fully saturated rings. The molecule has 0 bridgehead atoms. The number of rotatable bonds is 5. The van der Waals surface area contributed by atoms with E-state index in [4.69, 9.17) is 10.8 Å². The standard InChI is InChI=1S/C11H23N3O2/c1-9(15)8-13-5-2-11(16)14-6-3-10(12)4-7-14/h9-10,13,15H,2-8,12H2,1H3. The Balaban J connectivity index is 2.10. The second-order valence-electron chi connectivity index (χ2n) is 4.52. The van der Waals surface area contributed by atoms with E-state index in [0.717, 1.165) is 25.9 Å². The van der Waals surface area contributed by atoms with Crippen LogP contribution in [0.1, 0.15) is 26.2 Å². The number of aliphatic hydroxyl groups is 1. The van der Waals surface area contributed by atoms with Crippen LogP contribution in [0.25, 0.3) is 0 Å². The van der Waals surface area contributed by atoms with Crippen LogP contribution in [0, 0.1) is 0 Å². The zero-order valence-corrected chi connectivity index (χ0v) is 9.98. The SMILES string of the molecule is CC(O)CNCCC(=O)N1CCC(N)CC1. The molecule has 5 heteroatoms. The number of aliphatic hydroxyl groups excluding tert-OH is 1. The van der Waals surface area contributed by atoms with Gasteiger partial charge in [0.2, 0.25) is 5.91 Å². The lowest BCUT2D eigenvalue weighted by atomic mass is 10.1. The predicted octanol–water partition coefficient (Wildman–Crippen LogP) is -0.703. The zero-order chi connectivity index (χ0) is 12.0. The smallest absolute Gasteiger partial charge is 0.223 e. The number of piperidine rings is 1. The number of nitrogens with zero attached hydrogens (tertiary/aromatic N) is 1. The highest BCUT2D eigenvalue weighted by atomic mass is 16.3. The van der Waals surface area contributed by atoms with Crippen LogP contribution in [0.3, 0.4) is 0 Å². The van der Waals surface area contributed by atoms with Crippen molar-refractivity contribution in [1.29, 1.82) is 0 Å². The van der Waals surface area contributed by atoms with E-state index in [0.29, 0.717) is 19.5 Å². The third-order valence-electron chi connectivity index (χ3n) is 2.85. The molecule has 1 unspecified atom stereocenters. The molecule has 16 heavy (non-hydrogen) atoms. The van der Waals surface area contributed by atoms with Gasteiger partial charge in [0.05, 0.1) is 6.10 Å². The Hall–Kier alpha value is -0.650. The molecular weight excluding hydrogens is 206 g/mol. The van der Waals surface area contributed by atoms with Crippen molar-refractivity contribution < 1.29 is 9.90 Å². The Bertz CT molecular complexity index is 213. The number of nitrogens with one attached hydrogen (secondary N) is 1. The Morgan fingerprint density at radius 1 is 1.56 bits per heavy atom. The van der Waals surface area contributed by atoms with E-state index in [1.54, 1.807) is 6.92 Å². The lowest BCUT2D eigenvalue weighted by Crippen LogP contribution is -2.43. The molecule has 1 rings (SSSR count). The lowest BCUT2D eigenvalue weighted by Gasteiger charge is -2.30. The summed E-state index contributed by atoms with van der Waals surface area (Å²) < 4.78 is 0. The molecule has 1 atom stereocenters. The number of carbonyl (C=O) groups excluding carboxylic acids is 1. The number of amides is 1. The van der Waals surface area contributed by atoms with Crippen molar-refractivity contribution in [2.24, 2.45) is 5.73 Å². The zero-order valence-electron chi connectivity index (χ0n) is 9.98. The van der Waals surface area contributed by atoms with E-state index < -0.39 is 0 Å². The average Bonchev–Trinajstić information content (AvgIpc) is 2.25. The molecule has 0 aliphatic carbocycles. The summed E-state index contributed by atoms with van der Waals surface area (Å²) in [6.07, 6.45) is 1.96. The van der Waals surface area contributed by atoms with E-state index >= 15 is 0 Å². The lowest BCUT2D eigenvalue weighted by molar-refractivity contribution is -0.132. The first-order chi connectivity index (χ1) is 7.59. The summed E-state index contributed by atoms with van der Waals surface area (Å²) in [6, 6.07) is 0.261. The molecule has 1 saturated heterocycles. The number of likely N-dealkylation sites (tertiary alicyclic amines) is 1. The van der Waals surface area contributed by atoms with Crippen molar-refractivity contribution >= 4 is 5.91 Å². The Kier molecular flexibility index (Phi) is 5.73. The fraction of sp³-hybridized carbons (Fsp3) is 0.909. The molecule has 0 spiro atoms. The molecule has 1 amide bonds. The van der Waals surface area contributed by atoms with Crippen LogP contribution >= 0.6 is 0 Å². The third kappa shape index (κ3) is 4.92. The van der Waals surface area contributed by atoms with Gasteiger partial charge in [0.15, 0.2) is 0 Å². The molecule has 1 aliphatic rings. The number of hydrogen-bond donors (Lipinski definition) is 3.